The predicted molar refractivity (Wildman–Crippen MR) is 55.3 cm³/mol. The number of methoxy groups -OCH3 is 1. The van der Waals surface area contributed by atoms with Crippen molar-refractivity contribution in [3.8, 4) is 5.75 Å². The lowest BCUT2D eigenvalue weighted by atomic mass is 10.1. The monoisotopic (exact) mass is 197 g/mol. The first kappa shape index (κ1) is 12.3. The Morgan fingerprint density at radius 1 is 1.50 bits per heavy atom. The molecule has 0 aliphatic rings. The minimum Gasteiger partial charge on any atom is -0.506 e. The molecule has 0 bridgehead atoms. The number of phenolic OH excluding ortho intramolecular Hbond substituents is 1. The lowest BCUT2D eigenvalue weighted by Gasteiger charge is -2.05. The zero-order chi connectivity index (χ0) is 10.0. The first-order valence-corrected chi connectivity index (χ1v) is 3.73. The van der Waals surface area contributed by atoms with Crippen molar-refractivity contribution in [2.45, 2.75) is 14.4 Å². The number of phenols is 1. The molecule has 0 saturated carbocycles. The second-order valence-electron chi connectivity index (χ2n) is 2.72. The van der Waals surface area contributed by atoms with Crippen LogP contribution in [0, 0.1) is 6.92 Å². The van der Waals surface area contributed by atoms with Crippen LogP contribution in [0.3, 0.4) is 0 Å². The van der Waals surface area contributed by atoms with Gasteiger partial charge in [0.2, 0.25) is 0 Å². The highest BCUT2D eigenvalue weighted by molar-refractivity contribution is 5.91. The van der Waals surface area contributed by atoms with Gasteiger partial charge in [-0.15, -0.1) is 0 Å². The first-order chi connectivity index (χ1) is 6.06. The summed E-state index contributed by atoms with van der Waals surface area (Å²) in [7, 11) is 1.29. The van der Waals surface area contributed by atoms with Crippen molar-refractivity contribution in [2.75, 3.05) is 12.8 Å². The van der Waals surface area contributed by atoms with Crippen LogP contribution in [0.25, 0.3) is 0 Å². The molecule has 0 unspecified atom stereocenters. The van der Waals surface area contributed by atoms with Crippen LogP contribution in [0.4, 0.5) is 5.69 Å². The summed E-state index contributed by atoms with van der Waals surface area (Å²) in [6.45, 7) is 1.66. The molecule has 78 valence electrons. The smallest absolute Gasteiger partial charge is 0.337 e. The molecule has 0 saturated heterocycles. The molecule has 0 atom stereocenters. The van der Waals surface area contributed by atoms with Gasteiger partial charge in [-0.25, -0.2) is 4.79 Å². The van der Waals surface area contributed by atoms with E-state index in [1.165, 1.54) is 19.2 Å². The molecule has 0 fully saturated rings. The molecule has 4 nitrogen and oxygen atoms in total. The van der Waals surface area contributed by atoms with Crippen molar-refractivity contribution < 1.29 is 14.6 Å². The number of anilines is 1. The summed E-state index contributed by atoms with van der Waals surface area (Å²) in [6, 6.07) is 2.91. The van der Waals surface area contributed by atoms with Crippen LogP contribution in [0.15, 0.2) is 12.1 Å². The van der Waals surface area contributed by atoms with Crippen LogP contribution in [0.5, 0.6) is 5.75 Å². The topological polar surface area (TPSA) is 72.5 Å². The van der Waals surface area contributed by atoms with Gasteiger partial charge >= 0.3 is 5.97 Å². The molecule has 0 heterocycles. The van der Waals surface area contributed by atoms with E-state index in [1.54, 1.807) is 6.92 Å². The Hall–Kier alpha value is -1.71. The van der Waals surface area contributed by atoms with Gasteiger partial charge in [0.25, 0.3) is 0 Å². The normalized spacial score (nSPS) is 9.00. The second-order valence-corrected chi connectivity index (χ2v) is 2.72. The first-order valence-electron chi connectivity index (χ1n) is 3.73. The van der Waals surface area contributed by atoms with Gasteiger partial charge in [-0.05, 0) is 24.6 Å². The highest BCUT2D eigenvalue weighted by atomic mass is 16.5. The van der Waals surface area contributed by atoms with Gasteiger partial charge in [0.05, 0.1) is 18.4 Å². The average Bonchev–Trinajstić information content (AvgIpc) is 2.12. The van der Waals surface area contributed by atoms with Gasteiger partial charge in [-0.2, -0.15) is 0 Å². The number of benzene rings is 1. The number of nitrogens with two attached hydrogens (primary N) is 1. The highest BCUT2D eigenvalue weighted by Gasteiger charge is 2.10. The van der Waals surface area contributed by atoms with Gasteiger partial charge < -0.3 is 15.6 Å². The van der Waals surface area contributed by atoms with Crippen molar-refractivity contribution in [3.05, 3.63) is 23.3 Å². The molecule has 3 N–H and O–H groups in total. The zero-order valence-electron chi connectivity index (χ0n) is 7.50. The van der Waals surface area contributed by atoms with Gasteiger partial charge in [0.15, 0.2) is 0 Å². The third-order valence-electron chi connectivity index (χ3n) is 1.75. The molecule has 0 spiro atoms. The summed E-state index contributed by atoms with van der Waals surface area (Å²) < 4.78 is 4.51. The average molecular weight is 197 g/mol. The number of hydrogen-bond donors (Lipinski definition) is 2. The van der Waals surface area contributed by atoms with E-state index >= 15 is 0 Å². The summed E-state index contributed by atoms with van der Waals surface area (Å²) in [5, 5.41) is 9.31. The number of aryl methyl sites for hydroxylation is 1. The number of aromatic hydroxyl groups is 1. The molecule has 0 aromatic heterocycles. The van der Waals surface area contributed by atoms with E-state index < -0.39 is 5.97 Å². The maximum absolute atomic E-state index is 11.1. The third-order valence-corrected chi connectivity index (χ3v) is 1.75. The van der Waals surface area contributed by atoms with Gasteiger partial charge in [0, 0.05) is 0 Å². The maximum atomic E-state index is 11.1. The number of esters is 1. The summed E-state index contributed by atoms with van der Waals surface area (Å²) in [4.78, 5) is 11.1. The van der Waals surface area contributed by atoms with Gasteiger partial charge in [0.1, 0.15) is 5.75 Å². The van der Waals surface area contributed by atoms with Crippen molar-refractivity contribution in [3.63, 3.8) is 0 Å². The minimum absolute atomic E-state index is 0. The van der Waals surface area contributed by atoms with E-state index in [0.29, 0.717) is 11.1 Å². The van der Waals surface area contributed by atoms with Crippen LogP contribution in [0.2, 0.25) is 0 Å². The molecule has 0 aliphatic heterocycles. The van der Waals surface area contributed by atoms with E-state index in [1.807, 2.05) is 0 Å². The summed E-state index contributed by atoms with van der Waals surface area (Å²) >= 11 is 0. The Balaban J connectivity index is 0.00000169. The molecule has 4 heteroatoms. The largest absolute Gasteiger partial charge is 0.506 e. The Bertz CT molecular complexity index is 324. The number of carbonyl (C=O) groups is 1. The summed E-state index contributed by atoms with van der Waals surface area (Å²) in [5.41, 5.74) is 6.54. The third kappa shape index (κ3) is 2.16. The molecular weight excluding hydrogens is 182 g/mol. The van der Waals surface area contributed by atoms with Crippen molar-refractivity contribution in [2.24, 2.45) is 0 Å². The van der Waals surface area contributed by atoms with E-state index in [0.717, 1.165) is 0 Å². The Labute approximate surface area is 83.3 Å². The maximum Gasteiger partial charge on any atom is 0.337 e. The highest BCUT2D eigenvalue weighted by Crippen LogP contribution is 2.25. The summed E-state index contributed by atoms with van der Waals surface area (Å²) in [6.07, 6.45) is 0. The van der Waals surface area contributed by atoms with Crippen molar-refractivity contribution in [1.29, 1.82) is 0 Å². The number of ether oxygens (including phenoxy) is 1. The second kappa shape index (κ2) is 4.50. The number of rotatable bonds is 1. The lowest BCUT2D eigenvalue weighted by molar-refractivity contribution is 0.0600. The molecule has 0 amide bonds. The fraction of sp³-hybridized carbons (Fsp3) is 0.300. The molecule has 1 aromatic carbocycles. The Morgan fingerprint density at radius 3 is 2.50 bits per heavy atom. The fourth-order valence-corrected chi connectivity index (χ4v) is 1.04. The minimum atomic E-state index is -0.463. The van der Waals surface area contributed by atoms with Crippen LogP contribution in [-0.2, 0) is 4.74 Å². The lowest BCUT2D eigenvalue weighted by Crippen LogP contribution is -2.02. The molecule has 14 heavy (non-hydrogen) atoms. The summed E-state index contributed by atoms with van der Waals surface area (Å²) in [5.74, 6) is -0.456. The van der Waals surface area contributed by atoms with Gasteiger partial charge in [-0.3, -0.25) is 0 Å². The number of hydrogen-bond acceptors (Lipinski definition) is 4. The Morgan fingerprint density at radius 2 is 2.07 bits per heavy atom. The van der Waals surface area contributed by atoms with E-state index in [4.69, 9.17) is 5.73 Å². The SMILES string of the molecule is C.COC(=O)c1cc(C)c(O)c(N)c1. The standard InChI is InChI=1S/C9H11NO3.CH4/c1-5-3-6(9(12)13-2)4-7(10)8(5)11;/h3-4,11H,10H2,1-2H3;1H4. The van der Waals surface area contributed by atoms with E-state index in [2.05, 4.69) is 4.74 Å². The van der Waals surface area contributed by atoms with E-state index in [-0.39, 0.29) is 18.9 Å². The zero-order valence-corrected chi connectivity index (χ0v) is 7.50. The van der Waals surface area contributed by atoms with Crippen LogP contribution < -0.4 is 5.73 Å². The molecule has 1 rings (SSSR count). The van der Waals surface area contributed by atoms with Crippen LogP contribution >= 0.6 is 0 Å². The Kier molecular flexibility index (Phi) is 3.95. The number of nitrogen functional groups attached to an aromatic ring is 1. The molecular formula is C10H15NO3. The van der Waals surface area contributed by atoms with Crippen LogP contribution in [0.1, 0.15) is 23.3 Å². The quantitative estimate of drug-likeness (QED) is 0.408. The predicted octanol–water partition coefficient (Wildman–Crippen LogP) is 1.71. The van der Waals surface area contributed by atoms with Gasteiger partial charge in [-0.1, -0.05) is 7.43 Å². The van der Waals surface area contributed by atoms with Crippen molar-refractivity contribution in [1.82, 2.24) is 0 Å². The van der Waals surface area contributed by atoms with E-state index in [9.17, 15) is 9.90 Å². The fourth-order valence-electron chi connectivity index (χ4n) is 1.04. The molecule has 0 radical (unpaired) electrons. The van der Waals surface area contributed by atoms with Crippen molar-refractivity contribution >= 4 is 11.7 Å². The number of carbonyl (C=O) groups excluding carboxylic acids is 1. The molecule has 0 aliphatic carbocycles. The van der Waals surface area contributed by atoms with Crippen LogP contribution in [-0.4, -0.2) is 18.2 Å². The molecule has 1 aromatic rings.